The average Bonchev–Trinajstić information content (AvgIpc) is 2.80. The van der Waals surface area contributed by atoms with Gasteiger partial charge in [0.1, 0.15) is 5.84 Å². The van der Waals surface area contributed by atoms with E-state index in [4.69, 9.17) is 10.8 Å². The van der Waals surface area contributed by atoms with Crippen molar-refractivity contribution in [2.75, 3.05) is 0 Å². The monoisotopic (exact) mass is 283 g/mol. The van der Waals surface area contributed by atoms with Crippen molar-refractivity contribution in [2.24, 2.45) is 5.92 Å². The maximum atomic E-state index is 10.6. The van der Waals surface area contributed by atoms with Gasteiger partial charge in [-0.15, -0.1) is 0 Å². The number of hydrogen-bond donors (Lipinski definition) is 3. The highest BCUT2D eigenvalue weighted by Crippen LogP contribution is 2.37. The molecule has 1 heterocycles. The smallest absolute Gasteiger partial charge is 0.134 e. The van der Waals surface area contributed by atoms with Crippen molar-refractivity contribution in [1.82, 2.24) is 4.90 Å². The summed E-state index contributed by atoms with van der Waals surface area (Å²) in [5, 5.41) is 26.3. The largest absolute Gasteiger partial charge is 0.393 e. The lowest BCUT2D eigenvalue weighted by molar-refractivity contribution is 0.0783. The highest BCUT2D eigenvalue weighted by molar-refractivity contribution is 6.06. The van der Waals surface area contributed by atoms with Crippen LogP contribution in [0.4, 0.5) is 0 Å². The summed E-state index contributed by atoms with van der Waals surface area (Å²) < 4.78 is 0. The van der Waals surface area contributed by atoms with Gasteiger partial charge in [0.05, 0.1) is 18.5 Å². The number of benzene rings is 1. The Bertz CT molecular complexity index is 581. The minimum absolute atomic E-state index is 0.0906. The van der Waals surface area contributed by atoms with Gasteiger partial charge in [0.2, 0.25) is 0 Å². The fourth-order valence-corrected chi connectivity index (χ4v) is 3.43. The quantitative estimate of drug-likeness (QED) is 0.451. The molecule has 1 aromatic carbocycles. The molecule has 3 unspecified atom stereocenters. The SMILES string of the molecule is N=CN1C(=N)c2ccccc2C1CC(O)C1CC=CCC1. The first-order chi connectivity index (χ1) is 10.2. The van der Waals surface area contributed by atoms with E-state index in [2.05, 4.69) is 12.2 Å². The lowest BCUT2D eigenvalue weighted by atomic mass is 9.85. The third kappa shape index (κ3) is 2.51. The zero-order chi connectivity index (χ0) is 14.8. The van der Waals surface area contributed by atoms with Crippen LogP contribution in [0.2, 0.25) is 0 Å². The van der Waals surface area contributed by atoms with Crippen LogP contribution >= 0.6 is 0 Å². The summed E-state index contributed by atoms with van der Waals surface area (Å²) in [5.41, 5.74) is 1.93. The molecule has 3 atom stereocenters. The lowest BCUT2D eigenvalue weighted by Crippen LogP contribution is -2.31. The molecule has 0 saturated carbocycles. The Hall–Kier alpha value is -1.94. The van der Waals surface area contributed by atoms with Gasteiger partial charge in [0.15, 0.2) is 0 Å². The molecule has 1 aromatic rings. The molecule has 4 heteroatoms. The Morgan fingerprint density at radius 1 is 1.33 bits per heavy atom. The normalized spacial score (nSPS) is 25.8. The second kappa shape index (κ2) is 5.82. The first-order valence-electron chi connectivity index (χ1n) is 7.52. The predicted molar refractivity (Wildman–Crippen MR) is 83.7 cm³/mol. The molecular formula is C17H21N3O. The van der Waals surface area contributed by atoms with E-state index in [9.17, 15) is 5.11 Å². The van der Waals surface area contributed by atoms with E-state index in [0.29, 0.717) is 18.2 Å². The number of fused-ring (bicyclic) bond motifs is 1. The van der Waals surface area contributed by atoms with Gasteiger partial charge in [0, 0.05) is 5.56 Å². The van der Waals surface area contributed by atoms with Crippen molar-refractivity contribution in [3.63, 3.8) is 0 Å². The van der Waals surface area contributed by atoms with E-state index < -0.39 is 0 Å². The number of aliphatic hydroxyl groups is 1. The fraction of sp³-hybridized carbons (Fsp3) is 0.412. The summed E-state index contributed by atoms with van der Waals surface area (Å²) in [6, 6.07) is 7.71. The van der Waals surface area contributed by atoms with Gasteiger partial charge < -0.3 is 10.0 Å². The Kier molecular flexibility index (Phi) is 3.88. The molecule has 3 N–H and O–H groups in total. The predicted octanol–water partition coefficient (Wildman–Crippen LogP) is 3.08. The van der Waals surface area contributed by atoms with Gasteiger partial charge in [-0.1, -0.05) is 36.4 Å². The Balaban J connectivity index is 1.81. The molecular weight excluding hydrogens is 262 g/mol. The summed E-state index contributed by atoms with van der Waals surface area (Å²) >= 11 is 0. The Morgan fingerprint density at radius 3 is 2.86 bits per heavy atom. The second-order valence-electron chi connectivity index (χ2n) is 5.84. The molecule has 1 aliphatic heterocycles. The number of amidine groups is 1. The Morgan fingerprint density at radius 2 is 2.14 bits per heavy atom. The van der Waals surface area contributed by atoms with Crippen molar-refractivity contribution in [3.8, 4) is 0 Å². The first kappa shape index (κ1) is 14.0. The fourth-order valence-electron chi connectivity index (χ4n) is 3.43. The van der Waals surface area contributed by atoms with Crippen LogP contribution in [-0.2, 0) is 0 Å². The molecule has 3 rings (SSSR count). The lowest BCUT2D eigenvalue weighted by Gasteiger charge is -2.29. The Labute approximate surface area is 125 Å². The first-order valence-corrected chi connectivity index (χ1v) is 7.52. The summed E-state index contributed by atoms with van der Waals surface area (Å²) in [4.78, 5) is 1.66. The van der Waals surface area contributed by atoms with Crippen LogP contribution in [0.3, 0.4) is 0 Å². The maximum absolute atomic E-state index is 10.6. The number of aliphatic hydroxyl groups excluding tert-OH is 1. The van der Waals surface area contributed by atoms with Crippen molar-refractivity contribution < 1.29 is 5.11 Å². The molecule has 0 aromatic heterocycles. The highest BCUT2D eigenvalue weighted by Gasteiger charge is 2.35. The number of nitrogens with one attached hydrogen (secondary N) is 2. The maximum Gasteiger partial charge on any atom is 0.134 e. The van der Waals surface area contributed by atoms with Crippen LogP contribution in [0.5, 0.6) is 0 Å². The van der Waals surface area contributed by atoms with E-state index in [1.165, 1.54) is 6.34 Å². The summed E-state index contributed by atoms with van der Waals surface area (Å²) in [5.74, 6) is 0.658. The zero-order valence-electron chi connectivity index (χ0n) is 12.0. The summed E-state index contributed by atoms with van der Waals surface area (Å²) in [6.07, 6.45) is 8.71. The summed E-state index contributed by atoms with van der Waals surface area (Å²) in [6.45, 7) is 0. The van der Waals surface area contributed by atoms with Crippen molar-refractivity contribution in [1.29, 1.82) is 10.8 Å². The standard InChI is InChI=1S/C17H21N3O/c18-11-20-15(10-16(21)12-6-2-1-3-7-12)13-8-4-5-9-14(13)17(20)19/h1-2,4-5,8-9,11-12,15-16,18-19,21H,3,6-7,10H2. The van der Waals surface area contributed by atoms with Crippen molar-refractivity contribution in [2.45, 2.75) is 37.8 Å². The van der Waals surface area contributed by atoms with Gasteiger partial charge >= 0.3 is 0 Å². The van der Waals surface area contributed by atoms with Crippen molar-refractivity contribution >= 4 is 12.2 Å². The van der Waals surface area contributed by atoms with Crippen LogP contribution in [0, 0.1) is 16.7 Å². The van der Waals surface area contributed by atoms with Crippen LogP contribution in [-0.4, -0.2) is 28.3 Å². The van der Waals surface area contributed by atoms with E-state index in [0.717, 1.165) is 30.4 Å². The molecule has 0 radical (unpaired) electrons. The summed E-state index contributed by atoms with van der Waals surface area (Å²) in [7, 11) is 0. The van der Waals surface area contributed by atoms with E-state index in [-0.39, 0.29) is 12.1 Å². The molecule has 110 valence electrons. The van der Waals surface area contributed by atoms with Gasteiger partial charge in [0.25, 0.3) is 0 Å². The van der Waals surface area contributed by atoms with Gasteiger partial charge in [-0.3, -0.25) is 10.8 Å². The number of allylic oxidation sites excluding steroid dienone is 2. The van der Waals surface area contributed by atoms with E-state index in [1.54, 1.807) is 4.90 Å². The highest BCUT2D eigenvalue weighted by atomic mass is 16.3. The third-order valence-corrected chi connectivity index (χ3v) is 4.63. The molecule has 0 amide bonds. The number of nitrogens with zero attached hydrogens (tertiary/aromatic N) is 1. The topological polar surface area (TPSA) is 71.2 Å². The molecule has 2 aliphatic rings. The molecule has 0 spiro atoms. The molecule has 0 fully saturated rings. The minimum Gasteiger partial charge on any atom is -0.393 e. The third-order valence-electron chi connectivity index (χ3n) is 4.63. The number of rotatable bonds is 4. The molecule has 21 heavy (non-hydrogen) atoms. The molecule has 1 aliphatic carbocycles. The van der Waals surface area contributed by atoms with E-state index in [1.807, 2.05) is 24.3 Å². The second-order valence-corrected chi connectivity index (χ2v) is 5.84. The van der Waals surface area contributed by atoms with Crippen molar-refractivity contribution in [3.05, 3.63) is 47.5 Å². The van der Waals surface area contributed by atoms with Gasteiger partial charge in [-0.05, 0) is 37.2 Å². The number of hydrogen-bond acceptors (Lipinski definition) is 3. The van der Waals surface area contributed by atoms with Gasteiger partial charge in [-0.2, -0.15) is 0 Å². The molecule has 0 saturated heterocycles. The van der Waals surface area contributed by atoms with Crippen LogP contribution in [0.25, 0.3) is 0 Å². The molecule has 0 bridgehead atoms. The van der Waals surface area contributed by atoms with E-state index >= 15 is 0 Å². The average molecular weight is 283 g/mol. The zero-order valence-corrected chi connectivity index (χ0v) is 12.0. The van der Waals surface area contributed by atoms with Crippen LogP contribution in [0.15, 0.2) is 36.4 Å². The van der Waals surface area contributed by atoms with Crippen LogP contribution < -0.4 is 0 Å². The van der Waals surface area contributed by atoms with Crippen LogP contribution in [0.1, 0.15) is 42.9 Å². The minimum atomic E-state index is -0.388. The van der Waals surface area contributed by atoms with Gasteiger partial charge in [-0.25, -0.2) is 0 Å². The molecule has 4 nitrogen and oxygen atoms in total.